The van der Waals surface area contributed by atoms with E-state index in [0.29, 0.717) is 11.4 Å². The van der Waals surface area contributed by atoms with Gasteiger partial charge in [0.1, 0.15) is 5.75 Å². The first-order valence-corrected chi connectivity index (χ1v) is 7.08. The van der Waals surface area contributed by atoms with Crippen LogP contribution in [0.5, 0.6) is 11.8 Å². The monoisotopic (exact) mass is 285 g/mol. The standard InChI is InChI=1S/C16H19N3O2/c1-3-12(4-2)15(20)19-13-10-17-16(18-11-13)21-14-8-6-5-7-9-14/h5-12H,3-4H2,1-2H3,(H,19,20). The Labute approximate surface area is 124 Å². The van der Waals surface area contributed by atoms with Crippen molar-refractivity contribution in [2.24, 2.45) is 5.92 Å². The first-order valence-electron chi connectivity index (χ1n) is 7.08. The smallest absolute Gasteiger partial charge is 0.322 e. The first-order chi connectivity index (χ1) is 10.2. The van der Waals surface area contributed by atoms with E-state index >= 15 is 0 Å². The number of rotatable bonds is 6. The zero-order valence-corrected chi connectivity index (χ0v) is 12.2. The summed E-state index contributed by atoms with van der Waals surface area (Å²) in [4.78, 5) is 20.1. The molecule has 0 spiro atoms. The molecule has 21 heavy (non-hydrogen) atoms. The number of hydrogen-bond acceptors (Lipinski definition) is 4. The molecule has 110 valence electrons. The molecular weight excluding hydrogens is 266 g/mol. The number of aromatic nitrogens is 2. The van der Waals surface area contributed by atoms with Crippen molar-refractivity contribution >= 4 is 11.6 Å². The second-order valence-electron chi connectivity index (χ2n) is 4.67. The average Bonchev–Trinajstić information content (AvgIpc) is 2.51. The average molecular weight is 285 g/mol. The fraction of sp³-hybridized carbons (Fsp3) is 0.312. The highest BCUT2D eigenvalue weighted by atomic mass is 16.5. The number of carbonyl (C=O) groups excluding carboxylic acids is 1. The van der Waals surface area contributed by atoms with E-state index in [1.807, 2.05) is 44.2 Å². The molecule has 5 nitrogen and oxygen atoms in total. The molecule has 0 unspecified atom stereocenters. The van der Waals surface area contributed by atoms with Gasteiger partial charge in [0.25, 0.3) is 0 Å². The van der Waals surface area contributed by atoms with E-state index in [2.05, 4.69) is 15.3 Å². The normalized spacial score (nSPS) is 10.4. The Kier molecular flexibility index (Phi) is 5.26. The van der Waals surface area contributed by atoms with Crippen LogP contribution in [-0.2, 0) is 4.79 Å². The van der Waals surface area contributed by atoms with Crippen LogP contribution in [0.1, 0.15) is 26.7 Å². The van der Waals surface area contributed by atoms with E-state index < -0.39 is 0 Å². The van der Waals surface area contributed by atoms with Crippen LogP contribution >= 0.6 is 0 Å². The Bertz CT molecular complexity index is 566. The number of hydrogen-bond donors (Lipinski definition) is 1. The third-order valence-electron chi connectivity index (χ3n) is 3.20. The molecule has 0 saturated heterocycles. The zero-order chi connectivity index (χ0) is 15.1. The second-order valence-corrected chi connectivity index (χ2v) is 4.67. The Morgan fingerprint density at radius 2 is 1.76 bits per heavy atom. The molecule has 1 aromatic carbocycles. The van der Waals surface area contributed by atoms with Crippen LogP contribution in [0.3, 0.4) is 0 Å². The summed E-state index contributed by atoms with van der Waals surface area (Å²) in [6, 6.07) is 9.56. The Morgan fingerprint density at radius 1 is 1.14 bits per heavy atom. The van der Waals surface area contributed by atoms with Gasteiger partial charge in [0.05, 0.1) is 18.1 Å². The van der Waals surface area contributed by atoms with Crippen molar-refractivity contribution < 1.29 is 9.53 Å². The van der Waals surface area contributed by atoms with Crippen LogP contribution < -0.4 is 10.1 Å². The van der Waals surface area contributed by atoms with Crippen LogP contribution in [0, 0.1) is 5.92 Å². The molecule has 0 saturated carbocycles. The van der Waals surface area contributed by atoms with Crippen molar-refractivity contribution in [1.82, 2.24) is 9.97 Å². The van der Waals surface area contributed by atoms with Gasteiger partial charge >= 0.3 is 6.01 Å². The molecule has 1 N–H and O–H groups in total. The van der Waals surface area contributed by atoms with E-state index in [-0.39, 0.29) is 17.8 Å². The number of nitrogens with zero attached hydrogens (tertiary/aromatic N) is 2. The molecule has 0 aliphatic rings. The molecule has 0 bridgehead atoms. The van der Waals surface area contributed by atoms with Gasteiger partial charge in [0, 0.05) is 5.92 Å². The van der Waals surface area contributed by atoms with E-state index in [1.54, 1.807) is 12.4 Å². The Balaban J connectivity index is 1.97. The summed E-state index contributed by atoms with van der Waals surface area (Å²) in [6.45, 7) is 4.00. The summed E-state index contributed by atoms with van der Waals surface area (Å²) in [7, 11) is 0. The number of amides is 1. The maximum absolute atomic E-state index is 12.0. The van der Waals surface area contributed by atoms with Crippen LogP contribution in [0.4, 0.5) is 5.69 Å². The van der Waals surface area contributed by atoms with Crippen LogP contribution in [0.15, 0.2) is 42.7 Å². The molecule has 1 aromatic heterocycles. The number of benzene rings is 1. The minimum Gasteiger partial charge on any atom is -0.424 e. The lowest BCUT2D eigenvalue weighted by atomic mass is 10.0. The number of nitrogens with one attached hydrogen (secondary N) is 1. The summed E-state index contributed by atoms with van der Waals surface area (Å²) in [5, 5.41) is 2.82. The molecule has 1 heterocycles. The van der Waals surface area contributed by atoms with E-state index in [0.717, 1.165) is 12.8 Å². The number of ether oxygens (including phenoxy) is 1. The minimum atomic E-state index is 0.000303. The van der Waals surface area contributed by atoms with Gasteiger partial charge in [-0.15, -0.1) is 0 Å². The maximum Gasteiger partial charge on any atom is 0.322 e. The van der Waals surface area contributed by atoms with Gasteiger partial charge in [-0.25, -0.2) is 9.97 Å². The predicted octanol–water partition coefficient (Wildman–Crippen LogP) is 3.64. The lowest BCUT2D eigenvalue weighted by Crippen LogP contribution is -2.21. The lowest BCUT2D eigenvalue weighted by Gasteiger charge is -2.12. The Morgan fingerprint density at radius 3 is 2.33 bits per heavy atom. The molecular formula is C16H19N3O2. The fourth-order valence-corrected chi connectivity index (χ4v) is 1.93. The van der Waals surface area contributed by atoms with Gasteiger partial charge in [0.2, 0.25) is 5.91 Å². The molecule has 0 aliphatic carbocycles. The summed E-state index contributed by atoms with van der Waals surface area (Å²) in [5.41, 5.74) is 0.576. The van der Waals surface area contributed by atoms with Gasteiger partial charge in [-0.3, -0.25) is 4.79 Å². The van der Waals surface area contributed by atoms with Crippen LogP contribution in [0.25, 0.3) is 0 Å². The van der Waals surface area contributed by atoms with E-state index in [4.69, 9.17) is 4.74 Å². The molecule has 0 aliphatic heterocycles. The molecule has 2 aromatic rings. The number of anilines is 1. The fourth-order valence-electron chi connectivity index (χ4n) is 1.93. The number of carbonyl (C=O) groups is 1. The van der Waals surface area contributed by atoms with Crippen molar-refractivity contribution in [3.8, 4) is 11.8 Å². The summed E-state index contributed by atoms with van der Waals surface area (Å²) in [5.74, 6) is 0.692. The highest BCUT2D eigenvalue weighted by Gasteiger charge is 2.14. The summed E-state index contributed by atoms with van der Waals surface area (Å²) < 4.78 is 5.49. The molecule has 0 atom stereocenters. The van der Waals surface area contributed by atoms with Gasteiger partial charge in [-0.1, -0.05) is 32.0 Å². The van der Waals surface area contributed by atoms with Crippen LogP contribution in [-0.4, -0.2) is 15.9 Å². The first kappa shape index (κ1) is 15.0. The molecule has 5 heteroatoms. The van der Waals surface area contributed by atoms with Crippen molar-refractivity contribution in [2.75, 3.05) is 5.32 Å². The lowest BCUT2D eigenvalue weighted by molar-refractivity contribution is -0.120. The topological polar surface area (TPSA) is 64.1 Å². The van der Waals surface area contributed by atoms with Gasteiger partial charge in [-0.05, 0) is 25.0 Å². The summed E-state index contributed by atoms with van der Waals surface area (Å²) in [6.07, 6.45) is 4.73. The van der Waals surface area contributed by atoms with Crippen molar-refractivity contribution in [2.45, 2.75) is 26.7 Å². The third kappa shape index (κ3) is 4.27. The van der Waals surface area contributed by atoms with Crippen LogP contribution in [0.2, 0.25) is 0 Å². The zero-order valence-electron chi connectivity index (χ0n) is 12.2. The van der Waals surface area contributed by atoms with Gasteiger partial charge < -0.3 is 10.1 Å². The Hall–Kier alpha value is -2.43. The highest BCUT2D eigenvalue weighted by molar-refractivity contribution is 5.92. The van der Waals surface area contributed by atoms with Crippen molar-refractivity contribution in [3.05, 3.63) is 42.7 Å². The second kappa shape index (κ2) is 7.38. The molecule has 0 radical (unpaired) electrons. The van der Waals surface area contributed by atoms with Crippen molar-refractivity contribution in [1.29, 1.82) is 0 Å². The predicted molar refractivity (Wildman–Crippen MR) is 81.2 cm³/mol. The minimum absolute atomic E-state index is 0.000303. The quantitative estimate of drug-likeness (QED) is 0.880. The molecule has 1 amide bonds. The molecule has 0 fully saturated rings. The largest absolute Gasteiger partial charge is 0.424 e. The molecule has 2 rings (SSSR count). The van der Waals surface area contributed by atoms with Crippen molar-refractivity contribution in [3.63, 3.8) is 0 Å². The number of para-hydroxylation sites is 1. The SMILES string of the molecule is CCC(CC)C(=O)Nc1cnc(Oc2ccccc2)nc1. The van der Waals surface area contributed by atoms with E-state index in [1.165, 1.54) is 0 Å². The van der Waals surface area contributed by atoms with Gasteiger partial charge in [-0.2, -0.15) is 0 Å². The van der Waals surface area contributed by atoms with E-state index in [9.17, 15) is 4.79 Å². The summed E-state index contributed by atoms with van der Waals surface area (Å²) >= 11 is 0. The highest BCUT2D eigenvalue weighted by Crippen LogP contribution is 2.18. The van der Waals surface area contributed by atoms with Gasteiger partial charge in [0.15, 0.2) is 0 Å². The maximum atomic E-state index is 12.0. The third-order valence-corrected chi connectivity index (χ3v) is 3.20.